The summed E-state index contributed by atoms with van der Waals surface area (Å²) < 4.78 is 7.08. The second-order valence-electron chi connectivity index (χ2n) is 7.85. The van der Waals surface area contributed by atoms with Gasteiger partial charge in [-0.3, -0.25) is 4.99 Å². The van der Waals surface area contributed by atoms with E-state index in [2.05, 4.69) is 39.6 Å². The Balaban J connectivity index is 1.61. The minimum Gasteiger partial charge on any atom is -0.377 e. The predicted octanol–water partition coefficient (Wildman–Crippen LogP) is 3.19. The average molecular weight is 439 g/mol. The second-order valence-corrected chi connectivity index (χ2v) is 8.66. The number of hydrogen-bond acceptors (Lipinski definition) is 4. The number of ether oxygens (including phenoxy) is 1. The van der Waals surface area contributed by atoms with Gasteiger partial charge in [0.15, 0.2) is 11.8 Å². The van der Waals surface area contributed by atoms with E-state index in [4.69, 9.17) is 27.9 Å². The lowest BCUT2D eigenvalue weighted by Gasteiger charge is -2.30. The Morgan fingerprint density at radius 3 is 2.72 bits per heavy atom. The molecule has 1 aliphatic rings. The number of guanidine groups is 1. The summed E-state index contributed by atoms with van der Waals surface area (Å²) in [5.41, 5.74) is 0.662. The maximum Gasteiger partial charge on any atom is 0.191 e. The molecule has 0 saturated carbocycles. The van der Waals surface area contributed by atoms with Crippen LogP contribution in [0.15, 0.2) is 23.2 Å². The van der Waals surface area contributed by atoms with Gasteiger partial charge in [-0.15, -0.1) is 0 Å². The van der Waals surface area contributed by atoms with Crippen molar-refractivity contribution in [3.05, 3.63) is 45.5 Å². The van der Waals surface area contributed by atoms with E-state index in [1.54, 1.807) is 14.2 Å². The third kappa shape index (κ3) is 5.21. The number of aromatic nitrogens is 3. The quantitative estimate of drug-likeness (QED) is 0.534. The molecule has 0 radical (unpaired) electrons. The van der Waals surface area contributed by atoms with Gasteiger partial charge in [0.25, 0.3) is 0 Å². The molecule has 0 saturated heterocycles. The van der Waals surface area contributed by atoms with Crippen molar-refractivity contribution in [2.45, 2.75) is 51.3 Å². The highest BCUT2D eigenvalue weighted by atomic mass is 35.5. The molecular formula is C20H28Cl2N6O. The molecule has 0 bridgehead atoms. The van der Waals surface area contributed by atoms with Gasteiger partial charge in [-0.05, 0) is 24.1 Å². The fraction of sp³-hybridized carbons (Fsp3) is 0.550. The first-order valence-electron chi connectivity index (χ1n) is 9.67. The SMILES string of the molecule is CN=C(NCC(C)(C)c1c(Cl)cccc1Cl)NC1CCc2nc(COC)nn2C1. The molecule has 2 N–H and O–H groups in total. The smallest absolute Gasteiger partial charge is 0.191 e. The van der Waals surface area contributed by atoms with Crippen LogP contribution in [-0.2, 0) is 29.7 Å². The molecule has 1 atom stereocenters. The van der Waals surface area contributed by atoms with E-state index in [9.17, 15) is 0 Å². The highest BCUT2D eigenvalue weighted by Crippen LogP contribution is 2.35. The third-order valence-corrected chi connectivity index (χ3v) is 5.71. The molecule has 2 aromatic rings. The topological polar surface area (TPSA) is 76.4 Å². The van der Waals surface area contributed by atoms with Crippen LogP contribution >= 0.6 is 23.2 Å². The van der Waals surface area contributed by atoms with E-state index < -0.39 is 0 Å². The van der Waals surface area contributed by atoms with Crippen LogP contribution in [0, 0.1) is 0 Å². The zero-order valence-electron chi connectivity index (χ0n) is 17.3. The van der Waals surface area contributed by atoms with E-state index in [1.807, 2.05) is 22.9 Å². The molecule has 158 valence electrons. The molecular weight excluding hydrogens is 411 g/mol. The number of aryl methyl sites for hydroxylation is 1. The highest BCUT2D eigenvalue weighted by Gasteiger charge is 2.27. The van der Waals surface area contributed by atoms with Crippen LogP contribution in [0.2, 0.25) is 10.0 Å². The number of nitrogens with one attached hydrogen (secondary N) is 2. The molecule has 3 rings (SSSR count). The predicted molar refractivity (Wildman–Crippen MR) is 117 cm³/mol. The van der Waals surface area contributed by atoms with E-state index in [0.717, 1.165) is 42.6 Å². The van der Waals surface area contributed by atoms with Crippen LogP contribution in [0.3, 0.4) is 0 Å². The largest absolute Gasteiger partial charge is 0.377 e. The van der Waals surface area contributed by atoms with Gasteiger partial charge in [0.05, 0.1) is 6.54 Å². The van der Waals surface area contributed by atoms with Crippen molar-refractivity contribution in [1.29, 1.82) is 0 Å². The van der Waals surface area contributed by atoms with E-state index in [-0.39, 0.29) is 11.5 Å². The summed E-state index contributed by atoms with van der Waals surface area (Å²) in [6.45, 7) is 6.03. The lowest BCUT2D eigenvalue weighted by Crippen LogP contribution is -2.49. The number of benzene rings is 1. The van der Waals surface area contributed by atoms with Crippen molar-refractivity contribution in [3.8, 4) is 0 Å². The zero-order chi connectivity index (χ0) is 21.0. The third-order valence-electron chi connectivity index (χ3n) is 5.08. The molecule has 1 aromatic heterocycles. The summed E-state index contributed by atoms with van der Waals surface area (Å²) in [5, 5.41) is 12.8. The number of halogens is 2. The van der Waals surface area contributed by atoms with Crippen molar-refractivity contribution >= 4 is 29.2 Å². The first-order valence-corrected chi connectivity index (χ1v) is 10.4. The van der Waals surface area contributed by atoms with Gasteiger partial charge in [-0.1, -0.05) is 43.1 Å². The molecule has 1 aromatic carbocycles. The van der Waals surface area contributed by atoms with Crippen molar-refractivity contribution in [1.82, 2.24) is 25.4 Å². The summed E-state index contributed by atoms with van der Waals surface area (Å²) >= 11 is 12.8. The van der Waals surface area contributed by atoms with Gasteiger partial charge in [-0.25, -0.2) is 9.67 Å². The number of nitrogens with zero attached hydrogens (tertiary/aromatic N) is 4. The van der Waals surface area contributed by atoms with Crippen LogP contribution in [0.25, 0.3) is 0 Å². The molecule has 0 aliphatic carbocycles. The lowest BCUT2D eigenvalue weighted by atomic mass is 9.84. The molecule has 2 heterocycles. The molecule has 7 nitrogen and oxygen atoms in total. The van der Waals surface area contributed by atoms with Gasteiger partial charge in [0.1, 0.15) is 12.4 Å². The molecule has 1 unspecified atom stereocenters. The summed E-state index contributed by atoms with van der Waals surface area (Å²) in [5.74, 6) is 2.48. The molecule has 0 spiro atoms. The molecule has 29 heavy (non-hydrogen) atoms. The Morgan fingerprint density at radius 2 is 2.07 bits per heavy atom. The minimum absolute atomic E-state index is 0.220. The summed E-state index contributed by atoms with van der Waals surface area (Å²) in [6, 6.07) is 5.82. The van der Waals surface area contributed by atoms with Crippen LogP contribution in [0.4, 0.5) is 0 Å². The first-order chi connectivity index (χ1) is 13.8. The molecule has 0 fully saturated rings. The fourth-order valence-corrected chi connectivity index (χ4v) is 4.50. The number of rotatable bonds is 6. The summed E-state index contributed by atoms with van der Waals surface area (Å²) in [7, 11) is 3.42. The van der Waals surface area contributed by atoms with E-state index in [0.29, 0.717) is 23.2 Å². The standard InChI is InChI=1S/C20H28Cl2N6O/c1-20(2,18-14(21)6-5-7-15(18)22)12-24-19(23-3)25-13-8-9-17-26-16(11-29-4)27-28(17)10-13/h5-7,13H,8-12H2,1-4H3,(H2,23,24,25). The Bertz CT molecular complexity index is 860. The zero-order valence-corrected chi connectivity index (χ0v) is 18.8. The van der Waals surface area contributed by atoms with Crippen molar-refractivity contribution in [2.24, 2.45) is 4.99 Å². The van der Waals surface area contributed by atoms with Gasteiger partial charge in [0.2, 0.25) is 0 Å². The summed E-state index contributed by atoms with van der Waals surface area (Å²) in [4.78, 5) is 8.90. The van der Waals surface area contributed by atoms with Gasteiger partial charge < -0.3 is 15.4 Å². The number of methoxy groups -OCH3 is 1. The monoisotopic (exact) mass is 438 g/mol. The normalized spacial score (nSPS) is 17.2. The highest BCUT2D eigenvalue weighted by molar-refractivity contribution is 6.36. The van der Waals surface area contributed by atoms with Crippen LogP contribution in [0.5, 0.6) is 0 Å². The number of hydrogen-bond donors (Lipinski definition) is 2. The maximum atomic E-state index is 6.41. The fourth-order valence-electron chi connectivity index (χ4n) is 3.59. The molecule has 9 heteroatoms. The average Bonchev–Trinajstić information content (AvgIpc) is 3.06. The molecule has 0 amide bonds. The maximum absolute atomic E-state index is 6.41. The van der Waals surface area contributed by atoms with E-state index in [1.165, 1.54) is 0 Å². The van der Waals surface area contributed by atoms with Gasteiger partial charge >= 0.3 is 0 Å². The Morgan fingerprint density at radius 1 is 1.34 bits per heavy atom. The second kappa shape index (κ2) is 9.32. The van der Waals surface area contributed by atoms with Crippen molar-refractivity contribution in [3.63, 3.8) is 0 Å². The Hall–Kier alpha value is -1.83. The van der Waals surface area contributed by atoms with E-state index >= 15 is 0 Å². The minimum atomic E-state index is -0.270. The van der Waals surface area contributed by atoms with Crippen molar-refractivity contribution in [2.75, 3.05) is 20.7 Å². The van der Waals surface area contributed by atoms with Crippen LogP contribution in [-0.4, -0.2) is 47.5 Å². The Kier molecular flexibility index (Phi) is 7.03. The van der Waals surface area contributed by atoms with Crippen molar-refractivity contribution < 1.29 is 4.74 Å². The Labute approximate surface area is 181 Å². The van der Waals surface area contributed by atoms with Gasteiger partial charge in [0, 0.05) is 48.6 Å². The van der Waals surface area contributed by atoms with Crippen LogP contribution in [0.1, 0.15) is 37.5 Å². The lowest BCUT2D eigenvalue weighted by molar-refractivity contribution is 0.177. The number of aliphatic imine (C=N–C) groups is 1. The molecule has 1 aliphatic heterocycles. The number of fused-ring (bicyclic) bond motifs is 1. The first kappa shape index (κ1) is 21.9. The van der Waals surface area contributed by atoms with Crippen LogP contribution < -0.4 is 10.6 Å². The van der Waals surface area contributed by atoms with Gasteiger partial charge in [-0.2, -0.15) is 5.10 Å². The summed E-state index contributed by atoms with van der Waals surface area (Å²) in [6.07, 6.45) is 1.83.